The van der Waals surface area contributed by atoms with E-state index in [1.54, 1.807) is 7.11 Å². The Morgan fingerprint density at radius 1 is 1.14 bits per heavy atom. The fourth-order valence-electron chi connectivity index (χ4n) is 3.03. The first kappa shape index (κ1) is 21.5. The van der Waals surface area contributed by atoms with Crippen molar-refractivity contribution < 1.29 is 4.74 Å². The SMILES string of the molecule is CNCCCCCNC1CCc2cccc(OC)c2C1.Cl.Cl. The van der Waals surface area contributed by atoms with Crippen LogP contribution in [0.25, 0.3) is 0 Å². The van der Waals surface area contributed by atoms with Gasteiger partial charge in [0.15, 0.2) is 0 Å². The van der Waals surface area contributed by atoms with Gasteiger partial charge in [0.25, 0.3) is 0 Å². The van der Waals surface area contributed by atoms with Crippen LogP contribution in [0, 0.1) is 0 Å². The molecule has 22 heavy (non-hydrogen) atoms. The molecule has 0 aromatic heterocycles. The van der Waals surface area contributed by atoms with Gasteiger partial charge in [0.1, 0.15) is 5.75 Å². The van der Waals surface area contributed by atoms with Crippen molar-refractivity contribution >= 4 is 24.8 Å². The lowest BCUT2D eigenvalue weighted by Crippen LogP contribution is -2.35. The molecule has 0 radical (unpaired) electrons. The standard InChI is InChI=1S/C17H28N2O.2ClH/c1-18-11-4-3-5-12-19-15-10-9-14-7-6-8-17(20-2)16(14)13-15;;/h6-8,15,18-19H,3-5,9-13H2,1-2H3;2*1H. The lowest BCUT2D eigenvalue weighted by Gasteiger charge is -2.27. The number of halogens is 2. The molecule has 0 saturated heterocycles. The summed E-state index contributed by atoms with van der Waals surface area (Å²) in [6.45, 7) is 2.27. The zero-order valence-corrected chi connectivity index (χ0v) is 15.3. The molecule has 2 rings (SSSR count). The number of fused-ring (bicyclic) bond motifs is 1. The van der Waals surface area contributed by atoms with Gasteiger partial charge in [-0.2, -0.15) is 0 Å². The minimum atomic E-state index is 0. The van der Waals surface area contributed by atoms with Crippen LogP contribution in [0.3, 0.4) is 0 Å². The first-order chi connectivity index (χ1) is 9.85. The van der Waals surface area contributed by atoms with E-state index in [-0.39, 0.29) is 24.8 Å². The smallest absolute Gasteiger partial charge is 0.122 e. The lowest BCUT2D eigenvalue weighted by atomic mass is 9.87. The highest BCUT2D eigenvalue weighted by molar-refractivity contribution is 5.85. The molecule has 0 bridgehead atoms. The number of aryl methyl sites for hydroxylation is 1. The van der Waals surface area contributed by atoms with E-state index >= 15 is 0 Å². The zero-order chi connectivity index (χ0) is 14.2. The third-order valence-electron chi connectivity index (χ3n) is 4.20. The highest BCUT2D eigenvalue weighted by Crippen LogP contribution is 2.29. The molecule has 5 heteroatoms. The molecular weight excluding hydrogens is 319 g/mol. The van der Waals surface area contributed by atoms with Gasteiger partial charge in [-0.25, -0.2) is 0 Å². The summed E-state index contributed by atoms with van der Waals surface area (Å²) in [7, 11) is 3.79. The predicted molar refractivity (Wildman–Crippen MR) is 99.1 cm³/mol. The number of methoxy groups -OCH3 is 1. The number of rotatable bonds is 8. The highest BCUT2D eigenvalue weighted by Gasteiger charge is 2.20. The van der Waals surface area contributed by atoms with E-state index in [1.807, 2.05) is 7.05 Å². The lowest BCUT2D eigenvalue weighted by molar-refractivity contribution is 0.393. The molecule has 1 aromatic carbocycles. The van der Waals surface area contributed by atoms with E-state index in [0.29, 0.717) is 6.04 Å². The van der Waals surface area contributed by atoms with Gasteiger partial charge in [0.2, 0.25) is 0 Å². The Morgan fingerprint density at radius 3 is 2.64 bits per heavy atom. The summed E-state index contributed by atoms with van der Waals surface area (Å²) in [6, 6.07) is 7.04. The Kier molecular flexibility index (Phi) is 11.7. The summed E-state index contributed by atoms with van der Waals surface area (Å²) in [5.74, 6) is 1.06. The van der Waals surface area contributed by atoms with Gasteiger partial charge in [-0.05, 0) is 69.4 Å². The minimum absolute atomic E-state index is 0. The average Bonchev–Trinajstić information content (AvgIpc) is 2.50. The number of hydrogen-bond donors (Lipinski definition) is 2. The second kappa shape index (κ2) is 12.0. The number of unbranched alkanes of at least 4 members (excludes halogenated alkanes) is 2. The second-order valence-electron chi connectivity index (χ2n) is 5.66. The monoisotopic (exact) mass is 348 g/mol. The van der Waals surface area contributed by atoms with E-state index < -0.39 is 0 Å². The van der Waals surface area contributed by atoms with Crippen molar-refractivity contribution in [1.29, 1.82) is 0 Å². The minimum Gasteiger partial charge on any atom is -0.496 e. The Bertz CT molecular complexity index is 401. The van der Waals surface area contributed by atoms with Crippen molar-refractivity contribution in [3.05, 3.63) is 29.3 Å². The van der Waals surface area contributed by atoms with E-state index in [9.17, 15) is 0 Å². The Hall–Kier alpha value is -0.480. The summed E-state index contributed by atoms with van der Waals surface area (Å²) >= 11 is 0. The number of ether oxygens (including phenoxy) is 1. The van der Waals surface area contributed by atoms with Crippen LogP contribution in [0.5, 0.6) is 5.75 Å². The van der Waals surface area contributed by atoms with Gasteiger partial charge >= 0.3 is 0 Å². The van der Waals surface area contributed by atoms with E-state index in [4.69, 9.17) is 4.74 Å². The van der Waals surface area contributed by atoms with Crippen LogP contribution in [0.4, 0.5) is 0 Å². The number of hydrogen-bond acceptors (Lipinski definition) is 3. The maximum Gasteiger partial charge on any atom is 0.122 e. The number of benzene rings is 1. The molecule has 0 heterocycles. The predicted octanol–water partition coefficient (Wildman–Crippen LogP) is 3.38. The van der Waals surface area contributed by atoms with Crippen LogP contribution in [-0.4, -0.2) is 33.3 Å². The maximum absolute atomic E-state index is 5.50. The Balaban J connectivity index is 0.00000220. The molecule has 1 aliphatic rings. The van der Waals surface area contributed by atoms with E-state index in [2.05, 4.69) is 28.8 Å². The van der Waals surface area contributed by atoms with Crippen LogP contribution in [0.1, 0.15) is 36.8 Å². The molecule has 0 spiro atoms. The van der Waals surface area contributed by atoms with Crippen molar-refractivity contribution in [2.45, 2.75) is 44.6 Å². The Morgan fingerprint density at radius 2 is 1.91 bits per heavy atom. The van der Waals surface area contributed by atoms with Crippen LogP contribution in [0.2, 0.25) is 0 Å². The molecule has 0 saturated carbocycles. The van der Waals surface area contributed by atoms with Crippen LogP contribution < -0.4 is 15.4 Å². The normalized spacial score (nSPS) is 16.2. The van der Waals surface area contributed by atoms with Crippen molar-refractivity contribution in [2.24, 2.45) is 0 Å². The summed E-state index contributed by atoms with van der Waals surface area (Å²) in [6.07, 6.45) is 7.38. The van der Waals surface area contributed by atoms with Gasteiger partial charge in [0.05, 0.1) is 7.11 Å². The van der Waals surface area contributed by atoms with Gasteiger partial charge in [0, 0.05) is 6.04 Å². The van der Waals surface area contributed by atoms with Gasteiger partial charge in [-0.1, -0.05) is 18.6 Å². The van der Waals surface area contributed by atoms with Crippen molar-refractivity contribution in [1.82, 2.24) is 10.6 Å². The molecule has 1 atom stereocenters. The highest BCUT2D eigenvalue weighted by atomic mass is 35.5. The van der Waals surface area contributed by atoms with Crippen molar-refractivity contribution in [3.63, 3.8) is 0 Å². The van der Waals surface area contributed by atoms with Crippen LogP contribution in [0.15, 0.2) is 18.2 Å². The molecule has 0 fully saturated rings. The molecular formula is C17H30Cl2N2O. The first-order valence-electron chi connectivity index (χ1n) is 7.88. The molecule has 0 amide bonds. The van der Waals surface area contributed by atoms with Crippen LogP contribution >= 0.6 is 24.8 Å². The van der Waals surface area contributed by atoms with Gasteiger partial charge in [-0.15, -0.1) is 24.8 Å². The summed E-state index contributed by atoms with van der Waals surface area (Å²) in [5, 5.41) is 6.91. The Labute approximate surface area is 147 Å². The van der Waals surface area contributed by atoms with E-state index in [0.717, 1.165) is 25.3 Å². The molecule has 1 aliphatic carbocycles. The van der Waals surface area contributed by atoms with Gasteiger partial charge < -0.3 is 15.4 Å². The first-order valence-corrected chi connectivity index (χ1v) is 7.88. The quantitative estimate of drug-likeness (QED) is 0.706. The second-order valence-corrected chi connectivity index (χ2v) is 5.66. The number of nitrogens with one attached hydrogen (secondary N) is 2. The molecule has 3 nitrogen and oxygen atoms in total. The van der Waals surface area contributed by atoms with Crippen LogP contribution in [-0.2, 0) is 12.8 Å². The maximum atomic E-state index is 5.50. The average molecular weight is 349 g/mol. The zero-order valence-electron chi connectivity index (χ0n) is 13.7. The fourth-order valence-corrected chi connectivity index (χ4v) is 3.03. The molecule has 0 aliphatic heterocycles. The molecule has 1 aromatic rings. The third kappa shape index (κ3) is 6.33. The van der Waals surface area contributed by atoms with Gasteiger partial charge in [-0.3, -0.25) is 0 Å². The molecule has 2 N–H and O–H groups in total. The third-order valence-corrected chi connectivity index (χ3v) is 4.20. The summed E-state index contributed by atoms with van der Waals surface area (Å²) in [5.41, 5.74) is 2.88. The summed E-state index contributed by atoms with van der Waals surface area (Å²) < 4.78 is 5.50. The van der Waals surface area contributed by atoms with Crippen molar-refractivity contribution in [2.75, 3.05) is 27.2 Å². The van der Waals surface area contributed by atoms with E-state index in [1.165, 1.54) is 43.2 Å². The topological polar surface area (TPSA) is 33.3 Å². The molecule has 1 unspecified atom stereocenters. The van der Waals surface area contributed by atoms with Crippen molar-refractivity contribution in [3.8, 4) is 5.75 Å². The largest absolute Gasteiger partial charge is 0.496 e. The molecule has 128 valence electrons. The fraction of sp³-hybridized carbons (Fsp3) is 0.647. The summed E-state index contributed by atoms with van der Waals surface area (Å²) in [4.78, 5) is 0.